The molecule has 0 bridgehead atoms. The van der Waals surface area contributed by atoms with E-state index in [2.05, 4.69) is 49.6 Å². The predicted octanol–water partition coefficient (Wildman–Crippen LogP) is 1.35. The molecule has 2 aromatic rings. The minimum absolute atomic E-state index is 0.0864. The number of carbonyl (C=O) groups is 1. The zero-order valence-electron chi connectivity index (χ0n) is 14.2. The lowest BCUT2D eigenvalue weighted by atomic mass is 10.2. The molecule has 130 valence electrons. The maximum atomic E-state index is 12.0. The molecule has 0 unspecified atom stereocenters. The molecule has 1 aliphatic heterocycles. The minimum Gasteiger partial charge on any atom is -0.297 e. The number of hydrogen-bond donors (Lipinski definition) is 1. The third-order valence-corrected chi connectivity index (χ3v) is 4.17. The average molecular weight is 337 g/mol. The molecule has 1 amide bonds. The van der Waals surface area contributed by atoms with E-state index in [4.69, 9.17) is 0 Å². The second-order valence-corrected chi connectivity index (χ2v) is 6.12. The van der Waals surface area contributed by atoms with Gasteiger partial charge in [0.1, 0.15) is 0 Å². The van der Waals surface area contributed by atoms with E-state index < -0.39 is 0 Å². The molecule has 2 heterocycles. The first kappa shape index (κ1) is 17.3. The van der Waals surface area contributed by atoms with Gasteiger partial charge in [0, 0.05) is 50.7 Å². The SMILES string of the molecule is O=C(CN1CCN(Cc2ccccc2)CC1)N/N=C\c1cccnc1. The van der Waals surface area contributed by atoms with Gasteiger partial charge in [0.15, 0.2) is 0 Å². The van der Waals surface area contributed by atoms with Gasteiger partial charge in [-0.3, -0.25) is 19.6 Å². The lowest BCUT2D eigenvalue weighted by molar-refractivity contribution is -0.122. The molecular formula is C19H23N5O. The molecule has 0 spiro atoms. The summed E-state index contributed by atoms with van der Waals surface area (Å²) in [6, 6.07) is 14.2. The van der Waals surface area contributed by atoms with Crippen molar-refractivity contribution in [3.63, 3.8) is 0 Å². The monoisotopic (exact) mass is 337 g/mol. The Kier molecular flexibility index (Phi) is 6.25. The zero-order chi connectivity index (χ0) is 17.3. The Labute approximate surface area is 148 Å². The zero-order valence-corrected chi connectivity index (χ0v) is 14.2. The highest BCUT2D eigenvalue weighted by Crippen LogP contribution is 2.08. The Balaban J connectivity index is 1.37. The molecule has 25 heavy (non-hydrogen) atoms. The molecule has 0 atom stereocenters. The molecule has 1 saturated heterocycles. The first-order valence-electron chi connectivity index (χ1n) is 8.50. The van der Waals surface area contributed by atoms with Crippen molar-refractivity contribution in [1.82, 2.24) is 20.2 Å². The number of hydrogen-bond acceptors (Lipinski definition) is 5. The van der Waals surface area contributed by atoms with E-state index >= 15 is 0 Å². The van der Waals surface area contributed by atoms with Gasteiger partial charge in [0.2, 0.25) is 0 Å². The number of carbonyl (C=O) groups excluding carboxylic acids is 1. The van der Waals surface area contributed by atoms with Crippen LogP contribution < -0.4 is 5.43 Å². The molecule has 0 saturated carbocycles. The van der Waals surface area contributed by atoms with Crippen LogP contribution in [0.1, 0.15) is 11.1 Å². The summed E-state index contributed by atoms with van der Waals surface area (Å²) in [6.45, 7) is 5.08. The second kappa shape index (κ2) is 9.05. The first-order valence-corrected chi connectivity index (χ1v) is 8.50. The van der Waals surface area contributed by atoms with Crippen molar-refractivity contribution in [2.75, 3.05) is 32.7 Å². The predicted molar refractivity (Wildman–Crippen MR) is 98.1 cm³/mol. The van der Waals surface area contributed by atoms with Crippen LogP contribution in [0.3, 0.4) is 0 Å². The van der Waals surface area contributed by atoms with E-state index in [-0.39, 0.29) is 5.91 Å². The molecule has 1 N–H and O–H groups in total. The van der Waals surface area contributed by atoms with Crippen LogP contribution in [0.4, 0.5) is 0 Å². The average Bonchev–Trinajstić information content (AvgIpc) is 2.65. The van der Waals surface area contributed by atoms with Crippen molar-refractivity contribution in [2.24, 2.45) is 5.10 Å². The summed E-state index contributed by atoms with van der Waals surface area (Å²) in [5.41, 5.74) is 4.77. The normalized spacial score (nSPS) is 16.2. The third-order valence-electron chi connectivity index (χ3n) is 4.17. The molecule has 1 aliphatic rings. The number of benzene rings is 1. The molecule has 6 nitrogen and oxygen atoms in total. The van der Waals surface area contributed by atoms with Gasteiger partial charge in [0.05, 0.1) is 12.8 Å². The fourth-order valence-corrected chi connectivity index (χ4v) is 2.82. The summed E-state index contributed by atoms with van der Waals surface area (Å²) < 4.78 is 0. The van der Waals surface area contributed by atoms with E-state index in [1.165, 1.54) is 5.56 Å². The molecule has 1 fully saturated rings. The van der Waals surface area contributed by atoms with Gasteiger partial charge in [-0.05, 0) is 11.6 Å². The van der Waals surface area contributed by atoms with Crippen molar-refractivity contribution in [1.29, 1.82) is 0 Å². The van der Waals surface area contributed by atoms with Crippen LogP contribution in [0.2, 0.25) is 0 Å². The number of piperazine rings is 1. The van der Waals surface area contributed by atoms with E-state index in [0.29, 0.717) is 6.54 Å². The van der Waals surface area contributed by atoms with Crippen molar-refractivity contribution < 1.29 is 4.79 Å². The number of rotatable bonds is 6. The summed E-state index contributed by atoms with van der Waals surface area (Å²) in [5, 5.41) is 3.98. The largest absolute Gasteiger partial charge is 0.297 e. The maximum Gasteiger partial charge on any atom is 0.254 e. The number of nitrogens with one attached hydrogen (secondary N) is 1. The smallest absolute Gasteiger partial charge is 0.254 e. The molecule has 0 radical (unpaired) electrons. The fourth-order valence-electron chi connectivity index (χ4n) is 2.82. The number of nitrogens with zero attached hydrogens (tertiary/aromatic N) is 4. The van der Waals surface area contributed by atoms with E-state index in [1.807, 2.05) is 18.2 Å². The Morgan fingerprint density at radius 3 is 2.56 bits per heavy atom. The third kappa shape index (κ3) is 5.77. The second-order valence-electron chi connectivity index (χ2n) is 6.12. The van der Waals surface area contributed by atoms with Crippen LogP contribution in [-0.4, -0.2) is 59.6 Å². The topological polar surface area (TPSA) is 60.8 Å². The van der Waals surface area contributed by atoms with E-state index in [0.717, 1.165) is 38.3 Å². The van der Waals surface area contributed by atoms with Gasteiger partial charge < -0.3 is 0 Å². The number of pyridine rings is 1. The fraction of sp³-hybridized carbons (Fsp3) is 0.316. The van der Waals surface area contributed by atoms with Gasteiger partial charge in [-0.25, -0.2) is 5.43 Å². The van der Waals surface area contributed by atoms with Crippen LogP contribution in [0.5, 0.6) is 0 Å². The first-order chi connectivity index (χ1) is 12.3. The molecular weight excluding hydrogens is 314 g/mol. The maximum absolute atomic E-state index is 12.0. The summed E-state index contributed by atoms with van der Waals surface area (Å²) >= 11 is 0. The highest BCUT2D eigenvalue weighted by molar-refractivity contribution is 5.82. The number of aromatic nitrogens is 1. The van der Waals surface area contributed by atoms with Gasteiger partial charge in [0.25, 0.3) is 5.91 Å². The van der Waals surface area contributed by atoms with Crippen LogP contribution in [0.15, 0.2) is 60.0 Å². The number of hydrazone groups is 1. The highest BCUT2D eigenvalue weighted by Gasteiger charge is 2.18. The highest BCUT2D eigenvalue weighted by atomic mass is 16.2. The number of amides is 1. The van der Waals surface area contributed by atoms with E-state index in [9.17, 15) is 4.79 Å². The minimum atomic E-state index is -0.0864. The van der Waals surface area contributed by atoms with Crippen molar-refractivity contribution >= 4 is 12.1 Å². The van der Waals surface area contributed by atoms with Gasteiger partial charge in [-0.2, -0.15) is 5.10 Å². The Morgan fingerprint density at radius 2 is 1.84 bits per heavy atom. The molecule has 0 aliphatic carbocycles. The van der Waals surface area contributed by atoms with Crippen molar-refractivity contribution in [3.05, 3.63) is 66.0 Å². The van der Waals surface area contributed by atoms with Gasteiger partial charge in [-0.15, -0.1) is 0 Å². The molecule has 3 rings (SSSR count). The summed E-state index contributed by atoms with van der Waals surface area (Å²) in [5.74, 6) is -0.0864. The lowest BCUT2D eigenvalue weighted by Gasteiger charge is -2.34. The lowest BCUT2D eigenvalue weighted by Crippen LogP contribution is -2.48. The van der Waals surface area contributed by atoms with Crippen LogP contribution in [0.25, 0.3) is 0 Å². The van der Waals surface area contributed by atoms with Crippen LogP contribution >= 0.6 is 0 Å². The Bertz CT molecular complexity index is 681. The van der Waals surface area contributed by atoms with Gasteiger partial charge >= 0.3 is 0 Å². The summed E-state index contributed by atoms with van der Waals surface area (Å²) in [4.78, 5) is 20.6. The quantitative estimate of drug-likeness (QED) is 0.638. The van der Waals surface area contributed by atoms with Crippen LogP contribution in [-0.2, 0) is 11.3 Å². The summed E-state index contributed by atoms with van der Waals surface area (Å²) in [7, 11) is 0. The van der Waals surface area contributed by atoms with Crippen molar-refractivity contribution in [3.8, 4) is 0 Å². The Hall–Kier alpha value is -2.57. The molecule has 1 aromatic heterocycles. The molecule has 6 heteroatoms. The Morgan fingerprint density at radius 1 is 1.08 bits per heavy atom. The molecule has 1 aromatic carbocycles. The standard InChI is InChI=1S/C19H23N5O/c25-19(22-21-14-18-7-4-8-20-13-18)16-24-11-9-23(10-12-24)15-17-5-2-1-3-6-17/h1-8,13-14H,9-12,15-16H2,(H,22,25)/b21-14-. The van der Waals surface area contributed by atoms with Gasteiger partial charge in [-0.1, -0.05) is 36.4 Å². The summed E-state index contributed by atoms with van der Waals surface area (Å²) in [6.07, 6.45) is 5.00. The van der Waals surface area contributed by atoms with Crippen molar-refractivity contribution in [2.45, 2.75) is 6.54 Å². The van der Waals surface area contributed by atoms with Crippen LogP contribution in [0, 0.1) is 0 Å². The van der Waals surface area contributed by atoms with E-state index in [1.54, 1.807) is 18.6 Å².